The Bertz CT molecular complexity index is 1060. The number of hydrogen-bond donors (Lipinski definition) is 1. The minimum Gasteiger partial charge on any atom is -0.383 e. The fourth-order valence-corrected chi connectivity index (χ4v) is 3.67. The maximum Gasteiger partial charge on any atom is 0.262 e. The Kier molecular flexibility index (Phi) is 6.49. The van der Waals surface area contributed by atoms with Gasteiger partial charge < -0.3 is 10.1 Å². The van der Waals surface area contributed by atoms with Gasteiger partial charge in [0.15, 0.2) is 5.16 Å². The molecule has 1 heterocycles. The van der Waals surface area contributed by atoms with Crippen LogP contribution in [-0.2, 0) is 16.1 Å². The van der Waals surface area contributed by atoms with E-state index in [4.69, 9.17) is 4.74 Å². The molecule has 1 N–H and O–H groups in total. The van der Waals surface area contributed by atoms with Crippen LogP contribution in [0, 0.1) is 13.8 Å². The highest BCUT2D eigenvalue weighted by molar-refractivity contribution is 7.99. The molecule has 0 aliphatic carbocycles. The number of rotatable bonds is 7. The second kappa shape index (κ2) is 9.03. The number of thioether (sulfide) groups is 1. The molecular formula is C21H23N3O3S. The molecule has 0 radical (unpaired) electrons. The molecule has 0 unspecified atom stereocenters. The number of aryl methyl sites for hydroxylation is 1. The number of benzene rings is 2. The summed E-state index contributed by atoms with van der Waals surface area (Å²) in [5.74, 6) is 0.0184. The molecule has 0 fully saturated rings. The molecule has 2 aromatic carbocycles. The van der Waals surface area contributed by atoms with Crippen LogP contribution in [-0.4, -0.2) is 34.9 Å². The van der Waals surface area contributed by atoms with Crippen molar-refractivity contribution in [2.45, 2.75) is 25.5 Å². The maximum absolute atomic E-state index is 12.8. The van der Waals surface area contributed by atoms with Crippen LogP contribution >= 0.6 is 11.8 Å². The topological polar surface area (TPSA) is 73.2 Å². The molecule has 6 nitrogen and oxygen atoms in total. The number of amides is 1. The first kappa shape index (κ1) is 20.1. The van der Waals surface area contributed by atoms with Gasteiger partial charge in [0.2, 0.25) is 5.91 Å². The van der Waals surface area contributed by atoms with Gasteiger partial charge in [-0.25, -0.2) is 4.98 Å². The molecule has 0 atom stereocenters. The molecule has 3 rings (SSSR count). The van der Waals surface area contributed by atoms with E-state index in [2.05, 4.69) is 10.3 Å². The summed E-state index contributed by atoms with van der Waals surface area (Å²) in [5.41, 5.74) is 3.46. The van der Waals surface area contributed by atoms with Gasteiger partial charge >= 0.3 is 0 Å². The fourth-order valence-electron chi connectivity index (χ4n) is 2.84. The lowest BCUT2D eigenvalue weighted by molar-refractivity contribution is -0.113. The number of hydrogen-bond acceptors (Lipinski definition) is 5. The van der Waals surface area contributed by atoms with Gasteiger partial charge in [-0.2, -0.15) is 0 Å². The van der Waals surface area contributed by atoms with Crippen molar-refractivity contribution in [3.63, 3.8) is 0 Å². The number of para-hydroxylation sites is 1. The summed E-state index contributed by atoms with van der Waals surface area (Å²) in [6.45, 7) is 4.76. The van der Waals surface area contributed by atoms with Gasteiger partial charge in [0.05, 0.1) is 29.8 Å². The lowest BCUT2D eigenvalue weighted by Gasteiger charge is -2.13. The van der Waals surface area contributed by atoms with Crippen molar-refractivity contribution in [1.82, 2.24) is 9.55 Å². The van der Waals surface area contributed by atoms with Gasteiger partial charge in [0.25, 0.3) is 5.56 Å². The zero-order valence-corrected chi connectivity index (χ0v) is 17.0. The zero-order valence-electron chi connectivity index (χ0n) is 16.2. The van der Waals surface area contributed by atoms with E-state index in [1.165, 1.54) is 11.8 Å². The molecule has 0 spiro atoms. The minimum atomic E-state index is -0.139. The van der Waals surface area contributed by atoms with Crippen molar-refractivity contribution in [3.8, 4) is 0 Å². The van der Waals surface area contributed by atoms with E-state index in [9.17, 15) is 9.59 Å². The van der Waals surface area contributed by atoms with Crippen LogP contribution in [0.15, 0.2) is 52.4 Å². The van der Waals surface area contributed by atoms with E-state index in [1.807, 2.05) is 44.2 Å². The lowest BCUT2D eigenvalue weighted by Crippen LogP contribution is -2.26. The predicted molar refractivity (Wildman–Crippen MR) is 113 cm³/mol. The Morgan fingerprint density at radius 3 is 2.75 bits per heavy atom. The fraction of sp³-hybridized carbons (Fsp3) is 0.286. The standard InChI is InChI=1S/C21H23N3O3S/c1-14-7-6-10-17(15(14)2)22-19(25)13-28-21-23-18-9-5-4-8-16(18)20(26)24(21)11-12-27-3/h4-10H,11-13H2,1-3H3,(H,22,25). The monoisotopic (exact) mass is 397 g/mol. The summed E-state index contributed by atoms with van der Waals surface area (Å²) in [6, 6.07) is 13.0. The number of aromatic nitrogens is 2. The molecule has 1 amide bonds. The first-order valence-corrected chi connectivity index (χ1v) is 9.97. The van der Waals surface area contributed by atoms with E-state index in [-0.39, 0.29) is 17.2 Å². The number of carbonyl (C=O) groups excluding carboxylic acids is 1. The largest absolute Gasteiger partial charge is 0.383 e. The Morgan fingerprint density at radius 2 is 1.96 bits per heavy atom. The van der Waals surface area contributed by atoms with Gasteiger partial charge in [-0.15, -0.1) is 0 Å². The van der Waals surface area contributed by atoms with Crippen LogP contribution < -0.4 is 10.9 Å². The summed E-state index contributed by atoms with van der Waals surface area (Å²) in [4.78, 5) is 29.9. The number of nitrogens with zero attached hydrogens (tertiary/aromatic N) is 2. The first-order valence-electron chi connectivity index (χ1n) is 8.98. The van der Waals surface area contributed by atoms with Crippen molar-refractivity contribution in [3.05, 3.63) is 63.9 Å². The Hall–Kier alpha value is -2.64. The molecule has 7 heteroatoms. The molecule has 0 aliphatic heterocycles. The van der Waals surface area contributed by atoms with Crippen molar-refractivity contribution in [2.24, 2.45) is 0 Å². The number of carbonyl (C=O) groups is 1. The van der Waals surface area contributed by atoms with Crippen LogP contribution in [0.3, 0.4) is 0 Å². The Balaban J connectivity index is 1.81. The summed E-state index contributed by atoms with van der Waals surface area (Å²) in [6.07, 6.45) is 0. The summed E-state index contributed by atoms with van der Waals surface area (Å²) < 4.78 is 6.69. The third kappa shape index (κ3) is 4.43. The number of ether oxygens (including phenoxy) is 1. The lowest BCUT2D eigenvalue weighted by atomic mass is 10.1. The smallest absolute Gasteiger partial charge is 0.262 e. The number of nitrogens with one attached hydrogen (secondary N) is 1. The summed E-state index contributed by atoms with van der Waals surface area (Å²) in [7, 11) is 1.59. The highest BCUT2D eigenvalue weighted by Crippen LogP contribution is 2.21. The molecule has 28 heavy (non-hydrogen) atoms. The van der Waals surface area contributed by atoms with Crippen LogP contribution in [0.1, 0.15) is 11.1 Å². The number of anilines is 1. The maximum atomic E-state index is 12.8. The molecule has 146 valence electrons. The second-order valence-electron chi connectivity index (χ2n) is 6.45. The quantitative estimate of drug-likeness (QED) is 0.489. The molecule has 1 aromatic heterocycles. The van der Waals surface area contributed by atoms with Gasteiger partial charge in [-0.1, -0.05) is 36.0 Å². The summed E-state index contributed by atoms with van der Waals surface area (Å²) >= 11 is 1.25. The van der Waals surface area contributed by atoms with Crippen LogP contribution in [0.4, 0.5) is 5.69 Å². The molecule has 3 aromatic rings. The molecular weight excluding hydrogens is 374 g/mol. The van der Waals surface area contributed by atoms with Crippen LogP contribution in [0.25, 0.3) is 10.9 Å². The number of fused-ring (bicyclic) bond motifs is 1. The number of methoxy groups -OCH3 is 1. The molecule has 0 saturated carbocycles. The highest BCUT2D eigenvalue weighted by Gasteiger charge is 2.14. The van der Waals surface area contributed by atoms with E-state index >= 15 is 0 Å². The van der Waals surface area contributed by atoms with Gasteiger partial charge in [-0.3, -0.25) is 14.2 Å². The van der Waals surface area contributed by atoms with Crippen LogP contribution in [0.2, 0.25) is 0 Å². The van der Waals surface area contributed by atoms with Gasteiger partial charge in [0.1, 0.15) is 0 Å². The minimum absolute atomic E-state index is 0.125. The second-order valence-corrected chi connectivity index (χ2v) is 7.39. The van der Waals surface area contributed by atoms with Crippen molar-refractivity contribution < 1.29 is 9.53 Å². The Morgan fingerprint density at radius 1 is 1.18 bits per heavy atom. The van der Waals surface area contributed by atoms with Gasteiger partial charge in [-0.05, 0) is 43.2 Å². The third-order valence-electron chi connectivity index (χ3n) is 4.56. The van der Waals surface area contributed by atoms with Crippen molar-refractivity contribution in [2.75, 3.05) is 24.8 Å². The average Bonchev–Trinajstić information content (AvgIpc) is 2.69. The predicted octanol–water partition coefficient (Wildman–Crippen LogP) is 3.39. The van der Waals surface area contributed by atoms with E-state index in [0.717, 1.165) is 16.8 Å². The normalized spacial score (nSPS) is 11.0. The van der Waals surface area contributed by atoms with E-state index in [1.54, 1.807) is 23.8 Å². The SMILES string of the molecule is COCCn1c(SCC(=O)Nc2cccc(C)c2C)nc2ccccc2c1=O. The molecule has 0 aliphatic rings. The van der Waals surface area contributed by atoms with Crippen LogP contribution in [0.5, 0.6) is 0 Å². The van der Waals surface area contributed by atoms with Crippen molar-refractivity contribution >= 4 is 34.3 Å². The zero-order chi connectivity index (χ0) is 20.1. The highest BCUT2D eigenvalue weighted by atomic mass is 32.2. The molecule has 0 bridgehead atoms. The molecule has 0 saturated heterocycles. The first-order chi connectivity index (χ1) is 13.5. The van der Waals surface area contributed by atoms with E-state index < -0.39 is 0 Å². The van der Waals surface area contributed by atoms with E-state index in [0.29, 0.717) is 29.2 Å². The third-order valence-corrected chi connectivity index (χ3v) is 5.53. The Labute approximate surface area is 167 Å². The van der Waals surface area contributed by atoms with Crippen molar-refractivity contribution in [1.29, 1.82) is 0 Å². The van der Waals surface area contributed by atoms with Gasteiger partial charge in [0, 0.05) is 12.8 Å². The summed E-state index contributed by atoms with van der Waals surface area (Å²) in [5, 5.41) is 4.01. The average molecular weight is 398 g/mol.